The zero-order chi connectivity index (χ0) is 12.9. The summed E-state index contributed by atoms with van der Waals surface area (Å²) in [6.45, 7) is 8.25. The lowest BCUT2D eigenvalue weighted by Gasteiger charge is -1.96. The van der Waals surface area contributed by atoms with Crippen molar-refractivity contribution >= 4 is 0 Å². The Hall–Kier alpha value is -1.50. The van der Waals surface area contributed by atoms with Gasteiger partial charge < -0.3 is 4.74 Å². The zero-order valence-electron chi connectivity index (χ0n) is 11.4. The predicted octanol–water partition coefficient (Wildman–Crippen LogP) is 5.30. The first-order valence-electron chi connectivity index (χ1n) is 6.23. The monoisotopic (exact) mass is 232 g/mol. The third-order valence-electron chi connectivity index (χ3n) is 2.24. The predicted molar refractivity (Wildman–Crippen MR) is 76.6 cm³/mol. The second kappa shape index (κ2) is 11.0. The summed E-state index contributed by atoms with van der Waals surface area (Å²) in [4.78, 5) is 0. The minimum atomic E-state index is 0.890. The Bertz CT molecular complexity index is 327. The van der Waals surface area contributed by atoms with E-state index in [9.17, 15) is 0 Å². The van der Waals surface area contributed by atoms with Crippen molar-refractivity contribution in [3.05, 3.63) is 60.1 Å². The molecule has 94 valence electrons. The molecule has 0 aliphatic rings. The van der Waals surface area contributed by atoms with E-state index in [-0.39, 0.29) is 0 Å². The van der Waals surface area contributed by atoms with Gasteiger partial charge in [-0.3, -0.25) is 0 Å². The van der Waals surface area contributed by atoms with Crippen molar-refractivity contribution in [3.63, 3.8) is 0 Å². The molecule has 0 amide bonds. The molecule has 0 aliphatic heterocycles. The molecule has 0 N–H and O–H groups in total. The van der Waals surface area contributed by atoms with Gasteiger partial charge in [0.25, 0.3) is 0 Å². The Morgan fingerprint density at radius 2 is 1.88 bits per heavy atom. The Morgan fingerprint density at radius 3 is 2.47 bits per heavy atom. The van der Waals surface area contributed by atoms with E-state index >= 15 is 0 Å². The first kappa shape index (κ1) is 15.5. The smallest absolute Gasteiger partial charge is 0.100 e. The van der Waals surface area contributed by atoms with Gasteiger partial charge in [-0.25, -0.2) is 0 Å². The minimum absolute atomic E-state index is 0.890. The van der Waals surface area contributed by atoms with Gasteiger partial charge in [-0.15, -0.1) is 0 Å². The molecule has 0 aliphatic carbocycles. The molecular formula is C16H24O. The number of hydrogen-bond acceptors (Lipinski definition) is 1. The van der Waals surface area contributed by atoms with Crippen molar-refractivity contribution in [1.29, 1.82) is 0 Å². The topological polar surface area (TPSA) is 9.23 Å². The van der Waals surface area contributed by atoms with E-state index in [0.29, 0.717) is 0 Å². The molecule has 0 fully saturated rings. The van der Waals surface area contributed by atoms with Crippen LogP contribution >= 0.6 is 0 Å². The van der Waals surface area contributed by atoms with Gasteiger partial charge in [-0.1, -0.05) is 49.8 Å². The van der Waals surface area contributed by atoms with E-state index in [4.69, 9.17) is 4.74 Å². The van der Waals surface area contributed by atoms with Crippen LogP contribution in [0.15, 0.2) is 60.1 Å². The van der Waals surface area contributed by atoms with Crippen molar-refractivity contribution in [2.45, 2.75) is 40.5 Å². The summed E-state index contributed by atoms with van der Waals surface area (Å²) in [7, 11) is 0. The van der Waals surface area contributed by atoms with Gasteiger partial charge in [-0.05, 0) is 38.8 Å². The molecule has 0 aromatic rings. The number of rotatable bonds is 7. The van der Waals surface area contributed by atoms with E-state index in [0.717, 1.165) is 18.6 Å². The van der Waals surface area contributed by atoms with Gasteiger partial charge in [0.2, 0.25) is 0 Å². The van der Waals surface area contributed by atoms with Crippen LogP contribution in [-0.4, -0.2) is 0 Å². The summed E-state index contributed by atoms with van der Waals surface area (Å²) in [6, 6.07) is 0. The maximum absolute atomic E-state index is 5.40. The van der Waals surface area contributed by atoms with Crippen LogP contribution in [0, 0.1) is 0 Å². The SMILES string of the molecule is C\C=C(/C=C\C=C\O/C(C)=C/C=C\CC)CC. The molecule has 0 bridgehead atoms. The van der Waals surface area contributed by atoms with Crippen LogP contribution in [0.4, 0.5) is 0 Å². The lowest BCUT2D eigenvalue weighted by atomic mass is 10.2. The van der Waals surface area contributed by atoms with Crippen LogP contribution in [0.25, 0.3) is 0 Å². The average molecular weight is 232 g/mol. The third kappa shape index (κ3) is 9.43. The highest BCUT2D eigenvalue weighted by molar-refractivity contribution is 5.20. The largest absolute Gasteiger partial charge is 0.470 e. The number of ether oxygens (including phenoxy) is 1. The van der Waals surface area contributed by atoms with Crippen molar-refractivity contribution in [2.75, 3.05) is 0 Å². The highest BCUT2D eigenvalue weighted by atomic mass is 16.5. The summed E-state index contributed by atoms with van der Waals surface area (Å²) >= 11 is 0. The van der Waals surface area contributed by atoms with Gasteiger partial charge in [0.15, 0.2) is 0 Å². The molecule has 0 atom stereocenters. The summed E-state index contributed by atoms with van der Waals surface area (Å²) in [5.74, 6) is 0.890. The second-order valence-corrected chi connectivity index (χ2v) is 3.64. The standard InChI is InChI=1S/C16H24O/c1-5-8-9-12-15(4)17-14-11-10-13-16(6-2)7-3/h6,8-14H,5,7H2,1-4H3/b9-8-,13-10-,14-11+,15-12+,16-6-. The van der Waals surface area contributed by atoms with E-state index in [1.807, 2.05) is 31.2 Å². The van der Waals surface area contributed by atoms with Crippen LogP contribution < -0.4 is 0 Å². The summed E-state index contributed by atoms with van der Waals surface area (Å²) in [5.41, 5.74) is 1.33. The molecular weight excluding hydrogens is 208 g/mol. The molecule has 1 heteroatoms. The zero-order valence-corrected chi connectivity index (χ0v) is 11.4. The first-order chi connectivity index (χ1) is 8.24. The third-order valence-corrected chi connectivity index (χ3v) is 2.24. The van der Waals surface area contributed by atoms with Gasteiger partial charge in [0.1, 0.15) is 5.76 Å². The summed E-state index contributed by atoms with van der Waals surface area (Å²) in [5, 5.41) is 0. The lowest BCUT2D eigenvalue weighted by Crippen LogP contribution is -1.76. The molecule has 0 aromatic carbocycles. The average Bonchev–Trinajstić information content (AvgIpc) is 2.34. The van der Waals surface area contributed by atoms with Crippen molar-refractivity contribution in [3.8, 4) is 0 Å². The quantitative estimate of drug-likeness (QED) is 0.427. The molecule has 0 aromatic heterocycles. The Balaban J connectivity index is 4.03. The summed E-state index contributed by atoms with van der Waals surface area (Å²) in [6.07, 6.45) is 18.0. The van der Waals surface area contributed by atoms with E-state index in [1.54, 1.807) is 6.26 Å². The number of hydrogen-bond donors (Lipinski definition) is 0. The Kier molecular flexibility index (Phi) is 10.0. The Labute approximate surface area is 106 Å². The molecule has 17 heavy (non-hydrogen) atoms. The molecule has 1 nitrogen and oxygen atoms in total. The van der Waals surface area contributed by atoms with E-state index in [1.165, 1.54) is 5.57 Å². The molecule has 0 heterocycles. The van der Waals surface area contributed by atoms with Crippen LogP contribution in [0.2, 0.25) is 0 Å². The molecule has 0 unspecified atom stereocenters. The fraction of sp³-hybridized carbons (Fsp3) is 0.375. The fourth-order valence-electron chi connectivity index (χ4n) is 1.17. The van der Waals surface area contributed by atoms with Gasteiger partial charge in [0.05, 0.1) is 6.26 Å². The van der Waals surface area contributed by atoms with Crippen LogP contribution in [0.3, 0.4) is 0 Å². The minimum Gasteiger partial charge on any atom is -0.470 e. The Morgan fingerprint density at radius 1 is 1.12 bits per heavy atom. The molecule has 0 spiro atoms. The molecule has 0 saturated carbocycles. The molecule has 0 rings (SSSR count). The van der Waals surface area contributed by atoms with Gasteiger partial charge >= 0.3 is 0 Å². The van der Waals surface area contributed by atoms with Crippen molar-refractivity contribution in [1.82, 2.24) is 0 Å². The van der Waals surface area contributed by atoms with E-state index in [2.05, 4.69) is 39.0 Å². The van der Waals surface area contributed by atoms with Crippen molar-refractivity contribution in [2.24, 2.45) is 0 Å². The maximum atomic E-state index is 5.40. The maximum Gasteiger partial charge on any atom is 0.100 e. The van der Waals surface area contributed by atoms with E-state index < -0.39 is 0 Å². The van der Waals surface area contributed by atoms with Crippen molar-refractivity contribution < 1.29 is 4.74 Å². The lowest BCUT2D eigenvalue weighted by molar-refractivity contribution is 0.353. The highest BCUT2D eigenvalue weighted by Gasteiger charge is 1.83. The van der Waals surface area contributed by atoms with Crippen LogP contribution in [0.1, 0.15) is 40.5 Å². The number of allylic oxidation sites excluding steroid dienone is 9. The summed E-state index contributed by atoms with van der Waals surface area (Å²) < 4.78 is 5.40. The molecule has 0 saturated heterocycles. The second-order valence-electron chi connectivity index (χ2n) is 3.64. The first-order valence-corrected chi connectivity index (χ1v) is 6.23. The normalized spacial score (nSPS) is 14.4. The van der Waals surface area contributed by atoms with Gasteiger partial charge in [-0.2, -0.15) is 0 Å². The highest BCUT2D eigenvalue weighted by Crippen LogP contribution is 2.02. The molecule has 0 radical (unpaired) electrons. The van der Waals surface area contributed by atoms with Gasteiger partial charge in [0, 0.05) is 0 Å². The van der Waals surface area contributed by atoms with Crippen LogP contribution in [-0.2, 0) is 4.74 Å². The van der Waals surface area contributed by atoms with Crippen LogP contribution in [0.5, 0.6) is 0 Å². The fourth-order valence-corrected chi connectivity index (χ4v) is 1.17.